The van der Waals surface area contributed by atoms with Gasteiger partial charge < -0.3 is 0 Å². The topological polar surface area (TPSA) is 69.3 Å². The Hall–Kier alpha value is -3.20. The van der Waals surface area contributed by atoms with Crippen LogP contribution in [0, 0.1) is 0 Å². The quantitative estimate of drug-likeness (QED) is 0.183. The van der Waals surface area contributed by atoms with Crippen molar-refractivity contribution in [2.75, 3.05) is 0 Å². The van der Waals surface area contributed by atoms with Crippen LogP contribution in [0.5, 0.6) is 0 Å². The van der Waals surface area contributed by atoms with Crippen molar-refractivity contribution in [3.8, 4) is 11.1 Å². The molecular formula is C24H17ClN4O2S2. The lowest BCUT2D eigenvalue weighted by Crippen LogP contribution is -2.22. The van der Waals surface area contributed by atoms with E-state index < -0.39 is 0 Å². The number of fused-ring (bicyclic) bond motifs is 2. The molecule has 0 saturated carbocycles. The SMILES string of the molecule is C=CCn1c(SCc2cc(=O)n3cc(Cl)ccc3n2)nc2scc(-c3ccccc3)c2c1=O. The smallest absolute Gasteiger partial charge is 0.263 e. The first-order chi connectivity index (χ1) is 16.0. The zero-order valence-electron chi connectivity index (χ0n) is 17.3. The van der Waals surface area contributed by atoms with Gasteiger partial charge in [-0.1, -0.05) is 59.8 Å². The zero-order valence-corrected chi connectivity index (χ0v) is 19.7. The number of thiophene rings is 1. The number of nitrogens with zero attached hydrogens (tertiary/aromatic N) is 4. The summed E-state index contributed by atoms with van der Waals surface area (Å²) in [6, 6.07) is 14.7. The van der Waals surface area contributed by atoms with Gasteiger partial charge >= 0.3 is 0 Å². The largest absolute Gasteiger partial charge is 0.283 e. The van der Waals surface area contributed by atoms with Gasteiger partial charge in [0.15, 0.2) is 5.16 Å². The van der Waals surface area contributed by atoms with Gasteiger partial charge in [0.05, 0.1) is 16.1 Å². The van der Waals surface area contributed by atoms with Crippen LogP contribution in [0.2, 0.25) is 5.02 Å². The number of halogens is 1. The second-order valence-electron chi connectivity index (χ2n) is 7.24. The number of thioether (sulfide) groups is 1. The van der Waals surface area contributed by atoms with Crippen molar-refractivity contribution in [3.05, 3.63) is 104 Å². The van der Waals surface area contributed by atoms with Crippen molar-refractivity contribution in [3.63, 3.8) is 0 Å². The van der Waals surface area contributed by atoms with E-state index in [1.807, 2.05) is 35.7 Å². The Labute approximate surface area is 201 Å². The normalized spacial score (nSPS) is 11.3. The lowest BCUT2D eigenvalue weighted by atomic mass is 10.1. The molecule has 0 saturated heterocycles. The van der Waals surface area contributed by atoms with Gasteiger partial charge in [-0.2, -0.15) is 0 Å². The van der Waals surface area contributed by atoms with E-state index in [9.17, 15) is 9.59 Å². The number of rotatable bonds is 6. The first-order valence-corrected chi connectivity index (χ1v) is 12.3. The number of allylic oxidation sites excluding steroid dienone is 1. The van der Waals surface area contributed by atoms with E-state index >= 15 is 0 Å². The van der Waals surface area contributed by atoms with Crippen molar-refractivity contribution in [1.29, 1.82) is 0 Å². The molecule has 9 heteroatoms. The molecule has 0 radical (unpaired) electrons. The second-order valence-corrected chi connectivity index (χ2v) is 9.48. The van der Waals surface area contributed by atoms with Crippen LogP contribution in [-0.2, 0) is 12.3 Å². The maximum Gasteiger partial charge on any atom is 0.263 e. The van der Waals surface area contributed by atoms with E-state index in [4.69, 9.17) is 16.6 Å². The molecule has 4 heterocycles. The van der Waals surface area contributed by atoms with Gasteiger partial charge in [0.1, 0.15) is 10.5 Å². The molecule has 1 aromatic carbocycles. The lowest BCUT2D eigenvalue weighted by molar-refractivity contribution is 0.673. The third kappa shape index (κ3) is 4.13. The molecule has 0 amide bonds. The van der Waals surface area contributed by atoms with Crippen molar-refractivity contribution in [2.24, 2.45) is 0 Å². The monoisotopic (exact) mass is 492 g/mol. The van der Waals surface area contributed by atoms with Crippen molar-refractivity contribution < 1.29 is 0 Å². The van der Waals surface area contributed by atoms with Crippen LogP contribution in [0.15, 0.2) is 87.5 Å². The molecule has 0 bridgehead atoms. The van der Waals surface area contributed by atoms with Crippen LogP contribution in [0.3, 0.4) is 0 Å². The van der Waals surface area contributed by atoms with Gasteiger partial charge in [0.25, 0.3) is 11.1 Å². The Morgan fingerprint density at radius 3 is 2.73 bits per heavy atom. The first-order valence-electron chi connectivity index (χ1n) is 10.0. The van der Waals surface area contributed by atoms with E-state index in [1.54, 1.807) is 29.0 Å². The second kappa shape index (κ2) is 8.97. The maximum absolute atomic E-state index is 13.5. The third-order valence-corrected chi connectivity index (χ3v) is 7.19. The summed E-state index contributed by atoms with van der Waals surface area (Å²) in [4.78, 5) is 35.9. The van der Waals surface area contributed by atoms with Crippen molar-refractivity contribution >= 4 is 50.6 Å². The summed E-state index contributed by atoms with van der Waals surface area (Å²) in [6.45, 7) is 4.13. The van der Waals surface area contributed by atoms with Gasteiger partial charge in [-0.3, -0.25) is 18.6 Å². The molecule has 6 nitrogen and oxygen atoms in total. The molecule has 5 rings (SSSR count). The van der Waals surface area contributed by atoms with E-state index in [-0.39, 0.29) is 11.1 Å². The van der Waals surface area contributed by atoms with E-state index in [0.29, 0.717) is 44.0 Å². The summed E-state index contributed by atoms with van der Waals surface area (Å²) >= 11 is 8.80. The van der Waals surface area contributed by atoms with Crippen molar-refractivity contribution in [2.45, 2.75) is 17.5 Å². The summed E-state index contributed by atoms with van der Waals surface area (Å²) in [6.07, 6.45) is 3.22. The zero-order chi connectivity index (χ0) is 22.9. The molecule has 0 aliphatic rings. The summed E-state index contributed by atoms with van der Waals surface area (Å²) in [5.41, 5.74) is 2.65. The van der Waals surface area contributed by atoms with Gasteiger partial charge in [-0.15, -0.1) is 17.9 Å². The number of aromatic nitrogens is 4. The van der Waals surface area contributed by atoms with Crippen LogP contribution in [-0.4, -0.2) is 18.9 Å². The highest BCUT2D eigenvalue weighted by Gasteiger charge is 2.17. The Kier molecular flexibility index (Phi) is 5.88. The third-order valence-electron chi connectivity index (χ3n) is 5.08. The number of pyridine rings is 1. The Morgan fingerprint density at radius 2 is 1.94 bits per heavy atom. The van der Waals surface area contributed by atoms with E-state index in [1.165, 1.54) is 33.6 Å². The van der Waals surface area contributed by atoms with E-state index in [2.05, 4.69) is 11.6 Å². The van der Waals surface area contributed by atoms with Gasteiger partial charge in [0, 0.05) is 35.5 Å². The molecule has 0 aliphatic carbocycles. The first kappa shape index (κ1) is 21.6. The summed E-state index contributed by atoms with van der Waals surface area (Å²) in [7, 11) is 0. The molecule has 0 aliphatic heterocycles. The lowest BCUT2D eigenvalue weighted by Gasteiger charge is -2.11. The summed E-state index contributed by atoms with van der Waals surface area (Å²) in [5.74, 6) is 0.389. The fourth-order valence-corrected chi connectivity index (χ4v) is 5.62. The highest BCUT2D eigenvalue weighted by molar-refractivity contribution is 7.98. The molecule has 164 valence electrons. The van der Waals surface area contributed by atoms with Gasteiger partial charge in [-0.05, 0) is 17.7 Å². The highest BCUT2D eigenvalue weighted by Crippen LogP contribution is 2.32. The Bertz CT molecular complexity index is 1620. The summed E-state index contributed by atoms with van der Waals surface area (Å²) in [5, 5.41) is 3.60. The van der Waals surface area contributed by atoms with Crippen LogP contribution < -0.4 is 11.1 Å². The molecule has 0 spiro atoms. The molecule has 0 unspecified atom stereocenters. The van der Waals surface area contributed by atoms with E-state index in [0.717, 1.165) is 11.1 Å². The average molecular weight is 493 g/mol. The minimum absolute atomic E-state index is 0.108. The van der Waals surface area contributed by atoms with Crippen LogP contribution in [0.4, 0.5) is 0 Å². The number of hydrogen-bond donors (Lipinski definition) is 0. The predicted octanol–water partition coefficient (Wildman–Crippen LogP) is 5.26. The van der Waals surface area contributed by atoms with Gasteiger partial charge in [0.2, 0.25) is 0 Å². The minimum atomic E-state index is -0.212. The molecule has 0 fully saturated rings. The number of benzene rings is 1. The molecule has 0 N–H and O–H groups in total. The molecule has 4 aromatic heterocycles. The molecule has 33 heavy (non-hydrogen) atoms. The van der Waals surface area contributed by atoms with Gasteiger partial charge in [-0.25, -0.2) is 9.97 Å². The van der Waals surface area contributed by atoms with Crippen LogP contribution >= 0.6 is 34.7 Å². The highest BCUT2D eigenvalue weighted by atomic mass is 35.5. The summed E-state index contributed by atoms with van der Waals surface area (Å²) < 4.78 is 3.03. The minimum Gasteiger partial charge on any atom is -0.283 e. The Morgan fingerprint density at radius 1 is 1.12 bits per heavy atom. The average Bonchev–Trinajstić information content (AvgIpc) is 3.25. The van der Waals surface area contributed by atoms with Crippen molar-refractivity contribution in [1.82, 2.24) is 18.9 Å². The molecular weight excluding hydrogens is 476 g/mol. The maximum atomic E-state index is 13.5. The standard InChI is InChI=1S/C24H17ClN4O2S2/c1-2-10-28-23(31)21-18(15-6-4-3-5-7-15)14-32-22(21)27-24(28)33-13-17-11-20(30)29-12-16(25)8-9-19(29)26-17/h2-9,11-12,14H,1,10,13H2. The fourth-order valence-electron chi connectivity index (χ4n) is 3.57. The van der Waals surface area contributed by atoms with Crippen LogP contribution in [0.1, 0.15) is 5.69 Å². The molecule has 0 atom stereocenters. The predicted molar refractivity (Wildman–Crippen MR) is 136 cm³/mol. The fraction of sp³-hybridized carbons (Fsp3) is 0.0833. The number of hydrogen-bond acceptors (Lipinski definition) is 6. The molecule has 5 aromatic rings. The van der Waals surface area contributed by atoms with Crippen LogP contribution in [0.25, 0.3) is 27.0 Å². The Balaban J connectivity index is 1.54.